The van der Waals surface area contributed by atoms with Gasteiger partial charge in [0.2, 0.25) is 11.2 Å². The Balaban J connectivity index is 2.54. The lowest BCUT2D eigenvalue weighted by molar-refractivity contribution is 0.288. The number of hydrogen-bond donors (Lipinski definition) is 0. The molecule has 0 atom stereocenters. The van der Waals surface area contributed by atoms with Gasteiger partial charge in [0.15, 0.2) is 0 Å². The SMILES string of the molecule is CCCCCOc1c(C)occc1=O. The highest BCUT2D eigenvalue weighted by Crippen LogP contribution is 2.11. The monoisotopic (exact) mass is 196 g/mol. The van der Waals surface area contributed by atoms with Gasteiger partial charge in [-0.2, -0.15) is 0 Å². The number of ether oxygens (including phenoxy) is 1. The van der Waals surface area contributed by atoms with Crippen molar-refractivity contribution < 1.29 is 9.15 Å². The lowest BCUT2D eigenvalue weighted by atomic mass is 10.3. The molecule has 0 saturated carbocycles. The largest absolute Gasteiger partial charge is 0.487 e. The molecule has 3 nitrogen and oxygen atoms in total. The Kier molecular flexibility index (Phi) is 4.23. The molecular formula is C11H16O3. The molecule has 0 aromatic carbocycles. The van der Waals surface area contributed by atoms with Crippen LogP contribution in [-0.2, 0) is 0 Å². The van der Waals surface area contributed by atoms with Gasteiger partial charge in [-0.3, -0.25) is 4.79 Å². The summed E-state index contributed by atoms with van der Waals surface area (Å²) in [6, 6.07) is 1.38. The van der Waals surface area contributed by atoms with Crippen molar-refractivity contribution in [2.75, 3.05) is 6.61 Å². The van der Waals surface area contributed by atoms with E-state index in [2.05, 4.69) is 6.92 Å². The summed E-state index contributed by atoms with van der Waals surface area (Å²) in [5.74, 6) is 0.901. The zero-order valence-electron chi connectivity index (χ0n) is 8.71. The Labute approximate surface area is 83.7 Å². The summed E-state index contributed by atoms with van der Waals surface area (Å²) in [6.45, 7) is 4.45. The molecule has 0 amide bonds. The van der Waals surface area contributed by atoms with E-state index in [1.165, 1.54) is 12.3 Å². The first kappa shape index (κ1) is 10.8. The minimum absolute atomic E-state index is 0.106. The predicted molar refractivity (Wildman–Crippen MR) is 54.7 cm³/mol. The van der Waals surface area contributed by atoms with Crippen LogP contribution in [0.25, 0.3) is 0 Å². The molecule has 0 bridgehead atoms. The molecule has 0 aliphatic rings. The van der Waals surface area contributed by atoms with Crippen LogP contribution in [-0.4, -0.2) is 6.61 Å². The standard InChI is InChI=1S/C11H16O3/c1-3-4-5-7-14-11-9(2)13-8-6-10(11)12/h6,8H,3-5,7H2,1-2H3. The maximum Gasteiger partial charge on any atom is 0.226 e. The Morgan fingerprint density at radius 1 is 1.43 bits per heavy atom. The number of unbranched alkanes of at least 4 members (excludes halogenated alkanes) is 2. The van der Waals surface area contributed by atoms with E-state index in [9.17, 15) is 4.79 Å². The van der Waals surface area contributed by atoms with Gasteiger partial charge < -0.3 is 9.15 Å². The maximum atomic E-state index is 11.3. The Morgan fingerprint density at radius 2 is 2.21 bits per heavy atom. The second-order valence-electron chi connectivity index (χ2n) is 3.23. The van der Waals surface area contributed by atoms with Gasteiger partial charge in [-0.15, -0.1) is 0 Å². The normalized spacial score (nSPS) is 10.1. The van der Waals surface area contributed by atoms with Crippen molar-refractivity contribution in [3.05, 3.63) is 28.3 Å². The van der Waals surface area contributed by atoms with Crippen LogP contribution in [0.3, 0.4) is 0 Å². The lowest BCUT2D eigenvalue weighted by Crippen LogP contribution is -2.09. The van der Waals surface area contributed by atoms with E-state index in [0.29, 0.717) is 18.1 Å². The van der Waals surface area contributed by atoms with Gasteiger partial charge in [0.25, 0.3) is 0 Å². The highest BCUT2D eigenvalue weighted by molar-refractivity contribution is 5.22. The summed E-state index contributed by atoms with van der Waals surface area (Å²) in [5, 5.41) is 0. The Bertz CT molecular complexity index is 328. The van der Waals surface area contributed by atoms with Gasteiger partial charge in [-0.05, 0) is 13.3 Å². The van der Waals surface area contributed by atoms with Crippen LogP contribution in [0.1, 0.15) is 31.9 Å². The zero-order valence-corrected chi connectivity index (χ0v) is 8.71. The van der Waals surface area contributed by atoms with Crippen molar-refractivity contribution in [3.63, 3.8) is 0 Å². The molecule has 0 aliphatic carbocycles. The van der Waals surface area contributed by atoms with Crippen LogP contribution in [0.2, 0.25) is 0 Å². The average Bonchev–Trinajstić information content (AvgIpc) is 2.16. The molecule has 0 radical (unpaired) electrons. The van der Waals surface area contributed by atoms with Gasteiger partial charge in [-0.1, -0.05) is 19.8 Å². The second kappa shape index (κ2) is 5.47. The molecular weight excluding hydrogens is 180 g/mol. The molecule has 0 N–H and O–H groups in total. The second-order valence-corrected chi connectivity index (χ2v) is 3.23. The topological polar surface area (TPSA) is 39.4 Å². The minimum atomic E-state index is -0.106. The fourth-order valence-corrected chi connectivity index (χ4v) is 1.20. The summed E-state index contributed by atoms with van der Waals surface area (Å²) in [4.78, 5) is 11.3. The quantitative estimate of drug-likeness (QED) is 0.679. The molecule has 1 aromatic rings. The highest BCUT2D eigenvalue weighted by atomic mass is 16.5. The Hall–Kier alpha value is -1.25. The zero-order chi connectivity index (χ0) is 10.4. The first-order chi connectivity index (χ1) is 6.75. The van der Waals surface area contributed by atoms with Gasteiger partial charge in [0, 0.05) is 6.07 Å². The molecule has 1 aromatic heterocycles. The predicted octanol–water partition coefficient (Wildman–Crippen LogP) is 2.52. The first-order valence-electron chi connectivity index (χ1n) is 4.97. The molecule has 78 valence electrons. The van der Waals surface area contributed by atoms with E-state index in [4.69, 9.17) is 9.15 Å². The average molecular weight is 196 g/mol. The van der Waals surface area contributed by atoms with Crippen molar-refractivity contribution in [2.24, 2.45) is 0 Å². The summed E-state index contributed by atoms with van der Waals surface area (Å²) in [7, 11) is 0. The summed E-state index contributed by atoms with van der Waals surface area (Å²) < 4.78 is 10.4. The third-order valence-corrected chi connectivity index (χ3v) is 2.00. The van der Waals surface area contributed by atoms with Crippen LogP contribution in [0.5, 0.6) is 5.75 Å². The van der Waals surface area contributed by atoms with Crippen molar-refractivity contribution in [1.82, 2.24) is 0 Å². The van der Waals surface area contributed by atoms with Gasteiger partial charge in [0.1, 0.15) is 5.76 Å². The number of hydrogen-bond acceptors (Lipinski definition) is 3. The van der Waals surface area contributed by atoms with Gasteiger partial charge >= 0.3 is 0 Å². The van der Waals surface area contributed by atoms with Crippen LogP contribution in [0.4, 0.5) is 0 Å². The third kappa shape index (κ3) is 2.91. The van der Waals surface area contributed by atoms with E-state index < -0.39 is 0 Å². The van der Waals surface area contributed by atoms with Crippen LogP contribution in [0.15, 0.2) is 21.5 Å². The molecule has 1 rings (SSSR count). The number of rotatable bonds is 5. The van der Waals surface area contributed by atoms with Crippen LogP contribution >= 0.6 is 0 Å². The van der Waals surface area contributed by atoms with Crippen LogP contribution < -0.4 is 10.2 Å². The fraction of sp³-hybridized carbons (Fsp3) is 0.545. The van der Waals surface area contributed by atoms with E-state index in [1.54, 1.807) is 6.92 Å². The molecule has 0 fully saturated rings. The van der Waals surface area contributed by atoms with E-state index in [-0.39, 0.29) is 5.43 Å². The van der Waals surface area contributed by atoms with E-state index >= 15 is 0 Å². The minimum Gasteiger partial charge on any atom is -0.487 e. The van der Waals surface area contributed by atoms with Crippen molar-refractivity contribution in [3.8, 4) is 5.75 Å². The summed E-state index contributed by atoms with van der Waals surface area (Å²) in [5.41, 5.74) is -0.106. The van der Waals surface area contributed by atoms with E-state index in [1.807, 2.05) is 0 Å². The molecule has 14 heavy (non-hydrogen) atoms. The fourth-order valence-electron chi connectivity index (χ4n) is 1.20. The van der Waals surface area contributed by atoms with Crippen molar-refractivity contribution >= 4 is 0 Å². The maximum absolute atomic E-state index is 11.3. The van der Waals surface area contributed by atoms with Crippen LogP contribution in [0, 0.1) is 6.92 Å². The Morgan fingerprint density at radius 3 is 2.86 bits per heavy atom. The smallest absolute Gasteiger partial charge is 0.226 e. The molecule has 0 aliphatic heterocycles. The van der Waals surface area contributed by atoms with E-state index in [0.717, 1.165) is 19.3 Å². The molecule has 0 spiro atoms. The summed E-state index contributed by atoms with van der Waals surface area (Å²) in [6.07, 6.45) is 4.63. The third-order valence-electron chi connectivity index (χ3n) is 2.00. The van der Waals surface area contributed by atoms with Gasteiger partial charge in [-0.25, -0.2) is 0 Å². The highest BCUT2D eigenvalue weighted by Gasteiger charge is 2.05. The van der Waals surface area contributed by atoms with Gasteiger partial charge in [0.05, 0.1) is 12.9 Å². The molecule has 3 heteroatoms. The molecule has 1 heterocycles. The summed E-state index contributed by atoms with van der Waals surface area (Å²) >= 11 is 0. The lowest BCUT2D eigenvalue weighted by Gasteiger charge is -2.05. The first-order valence-corrected chi connectivity index (χ1v) is 4.97. The van der Waals surface area contributed by atoms with Crippen molar-refractivity contribution in [1.29, 1.82) is 0 Å². The molecule has 0 saturated heterocycles. The number of aryl methyl sites for hydroxylation is 1. The molecule has 0 unspecified atom stereocenters. The van der Waals surface area contributed by atoms with Crippen molar-refractivity contribution in [2.45, 2.75) is 33.1 Å².